The van der Waals surface area contributed by atoms with Gasteiger partial charge in [0.2, 0.25) is 0 Å². The predicted molar refractivity (Wildman–Crippen MR) is 65.0 cm³/mol. The first-order valence-corrected chi connectivity index (χ1v) is 5.85. The molecule has 0 saturated carbocycles. The monoisotopic (exact) mass is 235 g/mol. The van der Waals surface area contributed by atoms with Gasteiger partial charge in [-0.2, -0.15) is 0 Å². The number of nitrogens with one attached hydrogen (secondary N) is 1. The molecule has 0 unspecified atom stereocenters. The molecule has 0 bridgehead atoms. The number of hydrogen-bond donors (Lipinski definition) is 1. The van der Waals surface area contributed by atoms with Gasteiger partial charge in [0.15, 0.2) is 5.75 Å². The third-order valence-electron chi connectivity index (χ3n) is 2.17. The molecule has 0 aliphatic carbocycles. The van der Waals surface area contributed by atoms with Crippen LogP contribution in [-0.4, -0.2) is 17.1 Å². The van der Waals surface area contributed by atoms with Gasteiger partial charge in [-0.1, -0.05) is 0 Å². The van der Waals surface area contributed by atoms with Crippen molar-refractivity contribution >= 4 is 17.0 Å². The van der Waals surface area contributed by atoms with Crippen molar-refractivity contribution in [2.75, 3.05) is 12.4 Å². The molecule has 0 atom stereocenters. The first-order chi connectivity index (χ1) is 7.79. The Kier molecular flexibility index (Phi) is 3.36. The number of hydrogen-bond acceptors (Lipinski definition) is 5. The van der Waals surface area contributed by atoms with E-state index in [1.807, 2.05) is 23.9 Å². The highest BCUT2D eigenvalue weighted by molar-refractivity contribution is 7.07. The van der Waals surface area contributed by atoms with E-state index in [1.165, 1.54) is 0 Å². The minimum absolute atomic E-state index is 0.698. The second kappa shape index (κ2) is 4.94. The highest BCUT2D eigenvalue weighted by Crippen LogP contribution is 2.23. The van der Waals surface area contributed by atoms with Gasteiger partial charge in [-0.15, -0.1) is 11.3 Å². The summed E-state index contributed by atoms with van der Waals surface area (Å²) in [7, 11) is 1.64. The maximum Gasteiger partial charge on any atom is 0.160 e. The minimum atomic E-state index is 0.698. The van der Waals surface area contributed by atoms with Crippen LogP contribution in [0.5, 0.6) is 5.75 Å². The van der Waals surface area contributed by atoms with Crippen LogP contribution in [0.2, 0.25) is 0 Å². The summed E-state index contributed by atoms with van der Waals surface area (Å²) < 4.78 is 5.23. The maximum atomic E-state index is 5.23. The first kappa shape index (κ1) is 10.9. The van der Waals surface area contributed by atoms with Crippen LogP contribution in [0.1, 0.15) is 11.4 Å². The van der Waals surface area contributed by atoms with Gasteiger partial charge in [-0.25, -0.2) is 4.98 Å². The molecule has 4 nitrogen and oxygen atoms in total. The molecule has 0 aliphatic rings. The van der Waals surface area contributed by atoms with Crippen LogP contribution in [0.15, 0.2) is 23.2 Å². The molecule has 0 spiro atoms. The molecular formula is C11H13N3OS. The van der Waals surface area contributed by atoms with E-state index in [0.29, 0.717) is 6.54 Å². The maximum absolute atomic E-state index is 5.23. The predicted octanol–water partition coefficient (Wildman–Crippen LogP) is 2.47. The molecule has 16 heavy (non-hydrogen) atoms. The lowest BCUT2D eigenvalue weighted by molar-refractivity contribution is 0.414. The van der Waals surface area contributed by atoms with Gasteiger partial charge in [0, 0.05) is 11.1 Å². The van der Waals surface area contributed by atoms with Gasteiger partial charge in [-0.05, 0) is 13.0 Å². The molecule has 84 valence electrons. The number of aromatic nitrogens is 2. The SMILES string of the molecule is COc1cnc(C)cc1NCc1cscn1. The van der Waals surface area contributed by atoms with E-state index < -0.39 is 0 Å². The normalized spacial score (nSPS) is 10.1. The quantitative estimate of drug-likeness (QED) is 0.884. The fourth-order valence-electron chi connectivity index (χ4n) is 1.36. The van der Waals surface area contributed by atoms with E-state index in [0.717, 1.165) is 22.8 Å². The largest absolute Gasteiger partial charge is 0.493 e. The van der Waals surface area contributed by atoms with Crippen LogP contribution in [0, 0.1) is 6.92 Å². The van der Waals surface area contributed by atoms with E-state index in [-0.39, 0.29) is 0 Å². The fourth-order valence-corrected chi connectivity index (χ4v) is 1.92. The summed E-state index contributed by atoms with van der Waals surface area (Å²) in [6, 6.07) is 1.96. The van der Waals surface area contributed by atoms with E-state index in [2.05, 4.69) is 15.3 Å². The second-order valence-corrected chi connectivity index (χ2v) is 4.08. The van der Waals surface area contributed by atoms with Crippen molar-refractivity contribution in [3.05, 3.63) is 34.5 Å². The first-order valence-electron chi connectivity index (χ1n) is 4.91. The third kappa shape index (κ3) is 2.49. The zero-order chi connectivity index (χ0) is 11.4. The molecule has 0 aromatic carbocycles. The second-order valence-electron chi connectivity index (χ2n) is 3.36. The number of pyridine rings is 1. The molecule has 5 heteroatoms. The molecule has 2 rings (SSSR count). The summed E-state index contributed by atoms with van der Waals surface area (Å²) in [6.07, 6.45) is 1.72. The molecule has 2 aromatic rings. The molecule has 0 aliphatic heterocycles. The molecule has 0 radical (unpaired) electrons. The summed E-state index contributed by atoms with van der Waals surface area (Å²) in [6.45, 7) is 2.65. The number of methoxy groups -OCH3 is 1. The van der Waals surface area contributed by atoms with Crippen molar-refractivity contribution < 1.29 is 4.74 Å². The molecule has 1 N–H and O–H groups in total. The van der Waals surface area contributed by atoms with Crippen LogP contribution in [0.25, 0.3) is 0 Å². The summed E-state index contributed by atoms with van der Waals surface area (Å²) in [5, 5.41) is 5.31. The summed E-state index contributed by atoms with van der Waals surface area (Å²) in [5.41, 5.74) is 4.76. The number of rotatable bonds is 4. The number of anilines is 1. The van der Waals surface area contributed by atoms with Crippen molar-refractivity contribution in [1.82, 2.24) is 9.97 Å². The Morgan fingerprint density at radius 2 is 2.31 bits per heavy atom. The number of thiazole rings is 1. The van der Waals surface area contributed by atoms with Gasteiger partial charge in [-0.3, -0.25) is 4.98 Å². The zero-order valence-electron chi connectivity index (χ0n) is 9.23. The Labute approximate surface area is 98.3 Å². The van der Waals surface area contributed by atoms with Crippen LogP contribution in [-0.2, 0) is 6.54 Å². The lowest BCUT2D eigenvalue weighted by Crippen LogP contribution is -2.02. The standard InChI is InChI=1S/C11H13N3OS/c1-8-3-10(11(15-2)5-12-8)13-4-9-6-16-7-14-9/h3,5-7H,4H2,1-2H3,(H,12,13). The topological polar surface area (TPSA) is 47.0 Å². The van der Waals surface area contributed by atoms with Gasteiger partial charge in [0.1, 0.15) is 0 Å². The lowest BCUT2D eigenvalue weighted by Gasteiger charge is -2.10. The van der Waals surface area contributed by atoms with Crippen molar-refractivity contribution in [3.63, 3.8) is 0 Å². The van der Waals surface area contributed by atoms with Crippen molar-refractivity contribution in [1.29, 1.82) is 0 Å². The number of aryl methyl sites for hydroxylation is 1. The van der Waals surface area contributed by atoms with Crippen molar-refractivity contribution in [2.45, 2.75) is 13.5 Å². The summed E-state index contributed by atoms with van der Waals surface area (Å²) in [5.74, 6) is 0.751. The van der Waals surface area contributed by atoms with Gasteiger partial charge >= 0.3 is 0 Å². The Morgan fingerprint density at radius 3 is 3.00 bits per heavy atom. The fraction of sp³-hybridized carbons (Fsp3) is 0.273. The highest BCUT2D eigenvalue weighted by Gasteiger charge is 2.04. The molecule has 0 fully saturated rings. The Hall–Kier alpha value is -1.62. The van der Waals surface area contributed by atoms with Gasteiger partial charge < -0.3 is 10.1 Å². The third-order valence-corrected chi connectivity index (χ3v) is 2.80. The summed E-state index contributed by atoms with van der Waals surface area (Å²) >= 11 is 1.59. The zero-order valence-corrected chi connectivity index (χ0v) is 10.0. The van der Waals surface area contributed by atoms with Crippen LogP contribution >= 0.6 is 11.3 Å². The number of ether oxygens (including phenoxy) is 1. The van der Waals surface area contributed by atoms with Crippen molar-refractivity contribution in [2.24, 2.45) is 0 Å². The smallest absolute Gasteiger partial charge is 0.160 e. The Morgan fingerprint density at radius 1 is 1.44 bits per heavy atom. The molecule has 0 saturated heterocycles. The number of nitrogens with zero attached hydrogens (tertiary/aromatic N) is 2. The highest BCUT2D eigenvalue weighted by atomic mass is 32.1. The average Bonchev–Trinajstić information content (AvgIpc) is 2.79. The van der Waals surface area contributed by atoms with E-state index >= 15 is 0 Å². The van der Waals surface area contributed by atoms with E-state index in [4.69, 9.17) is 4.74 Å². The van der Waals surface area contributed by atoms with Crippen molar-refractivity contribution in [3.8, 4) is 5.75 Å². The average molecular weight is 235 g/mol. The summed E-state index contributed by atoms with van der Waals surface area (Å²) in [4.78, 5) is 8.39. The molecule has 2 aromatic heterocycles. The molecular weight excluding hydrogens is 222 g/mol. The van der Waals surface area contributed by atoms with Crippen LogP contribution < -0.4 is 10.1 Å². The Balaban J connectivity index is 2.11. The molecule has 2 heterocycles. The van der Waals surface area contributed by atoms with E-state index in [9.17, 15) is 0 Å². The van der Waals surface area contributed by atoms with E-state index in [1.54, 1.807) is 24.6 Å². The van der Waals surface area contributed by atoms with Crippen LogP contribution in [0.4, 0.5) is 5.69 Å². The van der Waals surface area contributed by atoms with Gasteiger partial charge in [0.05, 0.1) is 36.7 Å². The Bertz CT molecular complexity index is 456. The minimum Gasteiger partial charge on any atom is -0.493 e. The lowest BCUT2D eigenvalue weighted by atomic mass is 10.3. The molecule has 0 amide bonds. The van der Waals surface area contributed by atoms with Crippen LogP contribution in [0.3, 0.4) is 0 Å². The van der Waals surface area contributed by atoms with Gasteiger partial charge in [0.25, 0.3) is 0 Å².